The van der Waals surface area contributed by atoms with Crippen LogP contribution in [0.2, 0.25) is 0 Å². The molecule has 1 aromatic heterocycles. The fourth-order valence-electron chi connectivity index (χ4n) is 3.07. The number of rotatable bonds is 4. The quantitative estimate of drug-likeness (QED) is 0.665. The molecule has 0 atom stereocenters. The number of thioether (sulfide) groups is 1. The molecule has 0 N–H and O–H groups in total. The number of aromatic nitrogens is 1. The molecule has 0 bridgehead atoms. The Labute approximate surface area is 150 Å². The zero-order valence-corrected chi connectivity index (χ0v) is 14.7. The van der Waals surface area contributed by atoms with E-state index in [0.29, 0.717) is 11.0 Å². The second kappa shape index (κ2) is 6.80. The number of carbonyl (C=O) groups excluding carboxylic acids is 1. The van der Waals surface area contributed by atoms with Gasteiger partial charge in [0.25, 0.3) is 5.22 Å². The highest BCUT2D eigenvalue weighted by Crippen LogP contribution is 2.31. The van der Waals surface area contributed by atoms with Gasteiger partial charge in [-0.1, -0.05) is 23.9 Å². The van der Waals surface area contributed by atoms with Crippen molar-refractivity contribution < 1.29 is 13.9 Å². The molecule has 1 aliphatic rings. The normalized spacial score (nSPS) is 13.7. The summed E-state index contributed by atoms with van der Waals surface area (Å²) in [6, 6.07) is 13.5. The molecule has 0 aliphatic carbocycles. The summed E-state index contributed by atoms with van der Waals surface area (Å²) in [5.41, 5.74) is 3.70. The highest BCUT2D eigenvalue weighted by Gasteiger charge is 2.23. The van der Waals surface area contributed by atoms with Crippen LogP contribution in [0, 0.1) is 0 Å². The molecule has 0 fully saturated rings. The van der Waals surface area contributed by atoms with Crippen molar-refractivity contribution in [1.82, 2.24) is 4.98 Å². The molecule has 4 rings (SSSR count). The second-order valence-electron chi connectivity index (χ2n) is 5.88. The molecule has 2 heterocycles. The Balaban J connectivity index is 1.48. The van der Waals surface area contributed by atoms with Crippen LogP contribution in [0.4, 0.5) is 5.69 Å². The number of benzene rings is 2. The van der Waals surface area contributed by atoms with Gasteiger partial charge in [0, 0.05) is 12.2 Å². The van der Waals surface area contributed by atoms with Gasteiger partial charge in [0.1, 0.15) is 11.3 Å². The van der Waals surface area contributed by atoms with Gasteiger partial charge >= 0.3 is 0 Å². The number of carbonyl (C=O) groups is 1. The molecule has 25 heavy (non-hydrogen) atoms. The molecular formula is C19H18N2O3S. The van der Waals surface area contributed by atoms with Crippen LogP contribution >= 0.6 is 11.8 Å². The SMILES string of the molecule is COc1ccc2c(c1)CCCN2C(=O)CSc1nc2ccccc2o1. The van der Waals surface area contributed by atoms with Crippen molar-refractivity contribution in [3.8, 4) is 5.75 Å². The van der Waals surface area contributed by atoms with Gasteiger partial charge in [-0.2, -0.15) is 0 Å². The van der Waals surface area contributed by atoms with E-state index in [1.165, 1.54) is 11.8 Å². The average Bonchev–Trinajstić information content (AvgIpc) is 3.08. The summed E-state index contributed by atoms with van der Waals surface area (Å²) in [7, 11) is 1.66. The van der Waals surface area contributed by atoms with E-state index in [1.807, 2.05) is 47.4 Å². The third-order valence-corrected chi connectivity index (χ3v) is 5.11. The zero-order valence-electron chi connectivity index (χ0n) is 13.9. The van der Waals surface area contributed by atoms with Gasteiger partial charge in [0.15, 0.2) is 5.58 Å². The Morgan fingerprint density at radius 2 is 2.20 bits per heavy atom. The molecule has 3 aromatic rings. The van der Waals surface area contributed by atoms with Crippen molar-refractivity contribution in [2.24, 2.45) is 0 Å². The zero-order chi connectivity index (χ0) is 17.2. The minimum absolute atomic E-state index is 0.0679. The van der Waals surface area contributed by atoms with Crippen molar-refractivity contribution in [2.45, 2.75) is 18.1 Å². The first-order chi connectivity index (χ1) is 12.2. The first-order valence-electron chi connectivity index (χ1n) is 8.20. The Morgan fingerprint density at radius 1 is 1.32 bits per heavy atom. The van der Waals surface area contributed by atoms with E-state index >= 15 is 0 Å². The standard InChI is InChI=1S/C19H18N2O3S/c1-23-14-8-9-16-13(11-14)5-4-10-21(16)18(22)12-25-19-20-15-6-2-3-7-17(15)24-19/h2-3,6-9,11H,4-5,10,12H2,1H3. The number of methoxy groups -OCH3 is 1. The summed E-state index contributed by atoms with van der Waals surface area (Å²) in [4.78, 5) is 19.0. The van der Waals surface area contributed by atoms with E-state index in [2.05, 4.69) is 4.98 Å². The number of para-hydroxylation sites is 2. The van der Waals surface area contributed by atoms with E-state index in [-0.39, 0.29) is 5.91 Å². The van der Waals surface area contributed by atoms with Gasteiger partial charge in [0.2, 0.25) is 5.91 Å². The number of anilines is 1. The molecule has 0 spiro atoms. The lowest BCUT2D eigenvalue weighted by molar-refractivity contribution is -0.116. The second-order valence-corrected chi connectivity index (χ2v) is 6.81. The van der Waals surface area contributed by atoms with Gasteiger partial charge in [-0.15, -0.1) is 0 Å². The van der Waals surface area contributed by atoms with E-state index < -0.39 is 0 Å². The molecule has 0 saturated heterocycles. The predicted octanol–water partition coefficient (Wildman–Crippen LogP) is 3.91. The lowest BCUT2D eigenvalue weighted by Crippen LogP contribution is -2.36. The summed E-state index contributed by atoms with van der Waals surface area (Å²) in [5, 5.41) is 0.529. The van der Waals surface area contributed by atoms with E-state index in [4.69, 9.17) is 9.15 Å². The number of hydrogen-bond donors (Lipinski definition) is 0. The van der Waals surface area contributed by atoms with Crippen molar-refractivity contribution in [2.75, 3.05) is 24.3 Å². The summed E-state index contributed by atoms with van der Waals surface area (Å²) in [6.07, 6.45) is 1.92. The van der Waals surface area contributed by atoms with Gasteiger partial charge in [-0.05, 0) is 48.7 Å². The first-order valence-corrected chi connectivity index (χ1v) is 9.19. The highest BCUT2D eigenvalue weighted by atomic mass is 32.2. The fourth-order valence-corrected chi connectivity index (χ4v) is 3.79. The molecule has 0 unspecified atom stereocenters. The minimum atomic E-state index is 0.0679. The third kappa shape index (κ3) is 3.22. The predicted molar refractivity (Wildman–Crippen MR) is 98.4 cm³/mol. The van der Waals surface area contributed by atoms with Gasteiger partial charge in [0.05, 0.1) is 12.9 Å². The van der Waals surface area contributed by atoms with Crippen LogP contribution in [0.1, 0.15) is 12.0 Å². The average molecular weight is 354 g/mol. The van der Waals surface area contributed by atoms with Crippen molar-refractivity contribution >= 4 is 34.5 Å². The van der Waals surface area contributed by atoms with E-state index in [0.717, 1.165) is 47.5 Å². The van der Waals surface area contributed by atoms with Crippen LogP contribution < -0.4 is 9.64 Å². The molecule has 2 aromatic carbocycles. The van der Waals surface area contributed by atoms with E-state index in [9.17, 15) is 4.79 Å². The molecule has 6 heteroatoms. The molecule has 1 aliphatic heterocycles. The van der Waals surface area contributed by atoms with Crippen LogP contribution in [0.3, 0.4) is 0 Å². The Bertz CT molecular complexity index is 889. The van der Waals surface area contributed by atoms with Crippen molar-refractivity contribution in [1.29, 1.82) is 0 Å². The highest BCUT2D eigenvalue weighted by molar-refractivity contribution is 7.99. The smallest absolute Gasteiger partial charge is 0.257 e. The van der Waals surface area contributed by atoms with Gasteiger partial charge in [-0.25, -0.2) is 4.98 Å². The molecule has 5 nitrogen and oxygen atoms in total. The van der Waals surface area contributed by atoms with Crippen molar-refractivity contribution in [3.63, 3.8) is 0 Å². The Morgan fingerprint density at radius 3 is 3.04 bits per heavy atom. The topological polar surface area (TPSA) is 55.6 Å². The van der Waals surface area contributed by atoms with Crippen LogP contribution in [0.25, 0.3) is 11.1 Å². The number of oxazole rings is 1. The number of aryl methyl sites for hydroxylation is 1. The maximum absolute atomic E-state index is 12.7. The Hall–Kier alpha value is -2.47. The number of nitrogens with zero attached hydrogens (tertiary/aromatic N) is 2. The fraction of sp³-hybridized carbons (Fsp3) is 0.263. The molecule has 1 amide bonds. The lowest BCUT2D eigenvalue weighted by atomic mass is 10.0. The first kappa shape index (κ1) is 16.0. The maximum atomic E-state index is 12.7. The van der Waals surface area contributed by atoms with Crippen LogP contribution in [0.15, 0.2) is 52.1 Å². The summed E-state index contributed by atoms with van der Waals surface area (Å²) in [6.45, 7) is 0.742. The monoisotopic (exact) mass is 354 g/mol. The number of hydrogen-bond acceptors (Lipinski definition) is 5. The number of ether oxygens (including phenoxy) is 1. The Kier molecular flexibility index (Phi) is 4.36. The largest absolute Gasteiger partial charge is 0.497 e. The summed E-state index contributed by atoms with van der Waals surface area (Å²) >= 11 is 1.34. The third-order valence-electron chi connectivity index (χ3n) is 4.30. The number of fused-ring (bicyclic) bond motifs is 2. The van der Waals surface area contributed by atoms with Crippen LogP contribution in [-0.4, -0.2) is 30.3 Å². The minimum Gasteiger partial charge on any atom is -0.497 e. The lowest BCUT2D eigenvalue weighted by Gasteiger charge is -2.29. The summed E-state index contributed by atoms with van der Waals surface area (Å²) in [5.74, 6) is 1.20. The summed E-state index contributed by atoms with van der Waals surface area (Å²) < 4.78 is 11.0. The molecule has 128 valence electrons. The molecular weight excluding hydrogens is 336 g/mol. The van der Waals surface area contributed by atoms with Crippen LogP contribution in [-0.2, 0) is 11.2 Å². The van der Waals surface area contributed by atoms with Gasteiger partial charge < -0.3 is 14.1 Å². The molecule has 0 saturated carbocycles. The maximum Gasteiger partial charge on any atom is 0.257 e. The number of amides is 1. The van der Waals surface area contributed by atoms with Crippen molar-refractivity contribution in [3.05, 3.63) is 48.0 Å². The van der Waals surface area contributed by atoms with E-state index in [1.54, 1.807) is 7.11 Å². The van der Waals surface area contributed by atoms with Gasteiger partial charge in [-0.3, -0.25) is 4.79 Å². The van der Waals surface area contributed by atoms with Crippen LogP contribution in [0.5, 0.6) is 5.75 Å². The molecule has 0 radical (unpaired) electrons.